The number of imidazole rings is 1. The summed E-state index contributed by atoms with van der Waals surface area (Å²) in [6.45, 7) is 10.5. The second kappa shape index (κ2) is 6.57. The fraction of sp³-hybridized carbons (Fsp3) is 0.722. The van der Waals surface area contributed by atoms with E-state index in [1.165, 1.54) is 15.8 Å². The number of hydrogen-bond donors (Lipinski definition) is 1. The van der Waals surface area contributed by atoms with Crippen molar-refractivity contribution in [2.75, 3.05) is 13.7 Å². The lowest BCUT2D eigenvalue weighted by atomic mass is 10.1. The monoisotopic (exact) mass is 367 g/mol. The van der Waals surface area contributed by atoms with Crippen molar-refractivity contribution in [2.24, 2.45) is 0 Å². The summed E-state index contributed by atoms with van der Waals surface area (Å²) in [5, 5.41) is 9.90. The molecule has 2 atom stereocenters. The van der Waals surface area contributed by atoms with Crippen molar-refractivity contribution in [3.05, 3.63) is 18.2 Å². The Kier molecular flexibility index (Phi) is 5.11. The molecule has 1 N–H and O–H groups in total. The van der Waals surface area contributed by atoms with Gasteiger partial charge in [-0.2, -0.15) is 0 Å². The third-order valence-electron chi connectivity index (χ3n) is 4.22. The highest BCUT2D eigenvalue weighted by Crippen LogP contribution is 2.54. The topological polar surface area (TPSA) is 93.9 Å². The van der Waals surface area contributed by atoms with Crippen LogP contribution in [0.5, 0.6) is 0 Å². The number of aromatic nitrogens is 2. The Bertz CT molecular complexity index is 686. The summed E-state index contributed by atoms with van der Waals surface area (Å²) in [7, 11) is 1.61. The van der Waals surface area contributed by atoms with Crippen molar-refractivity contribution in [1.82, 2.24) is 14.5 Å². The van der Waals surface area contributed by atoms with Gasteiger partial charge in [-0.05, 0) is 48.0 Å². The van der Waals surface area contributed by atoms with Gasteiger partial charge < -0.3 is 19.5 Å². The zero-order valence-corrected chi connectivity index (χ0v) is 16.6. The molecule has 8 heteroatoms. The number of hydrogen-bond acceptors (Lipinski definition) is 6. The van der Waals surface area contributed by atoms with E-state index in [0.717, 1.165) is 0 Å². The quantitative estimate of drug-likeness (QED) is 0.883. The molecule has 8 nitrogen and oxygen atoms in total. The van der Waals surface area contributed by atoms with E-state index in [-0.39, 0.29) is 12.5 Å². The van der Waals surface area contributed by atoms with Gasteiger partial charge in [-0.3, -0.25) is 0 Å². The van der Waals surface area contributed by atoms with Gasteiger partial charge in [-0.1, -0.05) is 0 Å². The average Bonchev–Trinajstić information content (AvgIpc) is 3.01. The Morgan fingerprint density at radius 1 is 1.27 bits per heavy atom. The molecular formula is C18H29N3O5. The van der Waals surface area contributed by atoms with Crippen molar-refractivity contribution in [1.29, 1.82) is 0 Å². The predicted octanol–water partition coefficient (Wildman–Crippen LogP) is 2.75. The van der Waals surface area contributed by atoms with Gasteiger partial charge in [0, 0.05) is 19.2 Å². The van der Waals surface area contributed by atoms with Crippen LogP contribution in [-0.2, 0) is 9.47 Å². The Hall–Kier alpha value is -2.09. The minimum Gasteiger partial charge on any atom is -0.444 e. The molecule has 0 spiro atoms. The normalized spacial score (nSPS) is 22.7. The van der Waals surface area contributed by atoms with Crippen LogP contribution in [0.3, 0.4) is 0 Å². The molecule has 1 unspecified atom stereocenters. The fourth-order valence-electron chi connectivity index (χ4n) is 2.77. The van der Waals surface area contributed by atoms with Crippen molar-refractivity contribution >= 4 is 12.2 Å². The van der Waals surface area contributed by atoms with Crippen LogP contribution in [0.2, 0.25) is 0 Å². The van der Waals surface area contributed by atoms with Gasteiger partial charge >= 0.3 is 12.2 Å². The number of aliphatic hydroxyl groups is 1. The molecule has 0 saturated heterocycles. The summed E-state index contributed by atoms with van der Waals surface area (Å²) in [6, 6.07) is 0. The van der Waals surface area contributed by atoms with Gasteiger partial charge in [0.2, 0.25) is 0 Å². The molecule has 1 aliphatic carbocycles. The molecule has 1 fully saturated rings. The molecular weight excluding hydrogens is 338 g/mol. The van der Waals surface area contributed by atoms with Crippen LogP contribution in [0.1, 0.15) is 59.6 Å². The van der Waals surface area contributed by atoms with Crippen molar-refractivity contribution in [3.8, 4) is 0 Å². The number of nitrogens with zero attached hydrogens (tertiary/aromatic N) is 3. The third-order valence-corrected chi connectivity index (χ3v) is 4.22. The molecule has 0 radical (unpaired) electrons. The van der Waals surface area contributed by atoms with Gasteiger partial charge in [-0.25, -0.2) is 19.1 Å². The van der Waals surface area contributed by atoms with E-state index in [4.69, 9.17) is 9.47 Å². The first kappa shape index (κ1) is 20.2. The number of likely N-dealkylation sites (N-methyl/N-ethyl adjacent to an activating group) is 1. The molecule has 1 saturated carbocycles. The maximum absolute atomic E-state index is 12.3. The lowest BCUT2D eigenvalue weighted by Gasteiger charge is -2.30. The molecule has 0 aromatic carbocycles. The van der Waals surface area contributed by atoms with Gasteiger partial charge in [0.15, 0.2) is 0 Å². The minimum absolute atomic E-state index is 0.172. The van der Waals surface area contributed by atoms with Gasteiger partial charge in [0.25, 0.3) is 0 Å². The van der Waals surface area contributed by atoms with Crippen molar-refractivity contribution < 1.29 is 24.2 Å². The van der Waals surface area contributed by atoms with Crippen LogP contribution in [0, 0.1) is 0 Å². The first-order valence-electron chi connectivity index (χ1n) is 8.64. The standard InChI is InChI=1S/C18H29N3O5/c1-16(2,3)25-14(23)20(7)18(10-22)8-12(18)13-9-21(11-19-13)15(24)26-17(4,5)6/h9,11-12,22H,8,10H2,1-7H3/t12-,18?/m0/s1. The first-order valence-corrected chi connectivity index (χ1v) is 8.64. The number of carbonyl (C=O) groups is 2. The Morgan fingerprint density at radius 3 is 2.35 bits per heavy atom. The molecule has 1 heterocycles. The third kappa shape index (κ3) is 4.35. The van der Waals surface area contributed by atoms with E-state index < -0.39 is 28.9 Å². The SMILES string of the molecule is CN(C(=O)OC(C)(C)C)C1(CO)C[C@H]1c1cn(C(=O)OC(C)(C)C)cn1. The lowest BCUT2D eigenvalue weighted by molar-refractivity contribution is 0.0112. The van der Waals surface area contributed by atoms with Crippen molar-refractivity contribution in [3.63, 3.8) is 0 Å². The maximum Gasteiger partial charge on any atom is 0.419 e. The molecule has 26 heavy (non-hydrogen) atoms. The summed E-state index contributed by atoms with van der Waals surface area (Å²) in [6.07, 6.45) is 2.49. The van der Waals surface area contributed by atoms with E-state index in [1.54, 1.807) is 54.8 Å². The van der Waals surface area contributed by atoms with E-state index >= 15 is 0 Å². The summed E-state index contributed by atoms with van der Waals surface area (Å²) < 4.78 is 12.0. The Morgan fingerprint density at radius 2 is 1.85 bits per heavy atom. The molecule has 1 amide bonds. The van der Waals surface area contributed by atoms with Crippen molar-refractivity contribution in [2.45, 2.75) is 70.6 Å². The molecule has 1 aromatic rings. The van der Waals surface area contributed by atoms with Crippen LogP contribution < -0.4 is 0 Å². The predicted molar refractivity (Wildman–Crippen MR) is 95.0 cm³/mol. The number of ether oxygens (including phenoxy) is 2. The highest BCUT2D eigenvalue weighted by atomic mass is 16.6. The number of carbonyl (C=O) groups excluding carboxylic acids is 2. The van der Waals surface area contributed by atoms with Crippen LogP contribution in [0.25, 0.3) is 0 Å². The second-order valence-corrected chi connectivity index (χ2v) is 8.74. The Labute approximate surface area is 154 Å². The van der Waals surface area contributed by atoms with Crippen LogP contribution in [0.15, 0.2) is 12.5 Å². The second-order valence-electron chi connectivity index (χ2n) is 8.74. The molecule has 1 aromatic heterocycles. The number of amides is 1. The number of aliphatic hydroxyl groups excluding tert-OH is 1. The smallest absolute Gasteiger partial charge is 0.419 e. The summed E-state index contributed by atoms with van der Waals surface area (Å²) in [5.74, 6) is -0.172. The molecule has 0 bridgehead atoms. The summed E-state index contributed by atoms with van der Waals surface area (Å²) in [5.41, 5.74) is -1.37. The average molecular weight is 367 g/mol. The zero-order valence-electron chi connectivity index (χ0n) is 16.6. The van der Waals surface area contributed by atoms with Crippen LogP contribution in [0.4, 0.5) is 9.59 Å². The largest absolute Gasteiger partial charge is 0.444 e. The first-order chi connectivity index (χ1) is 11.8. The van der Waals surface area contributed by atoms with E-state index in [9.17, 15) is 14.7 Å². The lowest BCUT2D eigenvalue weighted by Crippen LogP contribution is -2.45. The molecule has 2 rings (SSSR count). The molecule has 0 aliphatic heterocycles. The molecule has 1 aliphatic rings. The van der Waals surface area contributed by atoms with E-state index in [1.807, 2.05) is 0 Å². The maximum atomic E-state index is 12.3. The highest BCUT2D eigenvalue weighted by Gasteiger charge is 2.60. The minimum atomic E-state index is -0.768. The van der Waals surface area contributed by atoms with Crippen LogP contribution in [-0.4, -0.2) is 62.1 Å². The summed E-state index contributed by atoms with van der Waals surface area (Å²) in [4.78, 5) is 30.1. The summed E-state index contributed by atoms with van der Waals surface area (Å²) >= 11 is 0. The zero-order chi connectivity index (χ0) is 19.9. The van der Waals surface area contributed by atoms with Gasteiger partial charge in [0.05, 0.1) is 17.8 Å². The molecule has 146 valence electrons. The van der Waals surface area contributed by atoms with E-state index in [0.29, 0.717) is 12.1 Å². The fourth-order valence-corrected chi connectivity index (χ4v) is 2.77. The number of rotatable bonds is 3. The van der Waals surface area contributed by atoms with E-state index in [2.05, 4.69) is 4.98 Å². The van der Waals surface area contributed by atoms with Crippen LogP contribution >= 0.6 is 0 Å². The highest BCUT2D eigenvalue weighted by molar-refractivity contribution is 5.71. The van der Waals surface area contributed by atoms with Gasteiger partial charge in [-0.15, -0.1) is 0 Å². The Balaban J connectivity index is 2.12. The van der Waals surface area contributed by atoms with Gasteiger partial charge in [0.1, 0.15) is 17.5 Å².